The van der Waals surface area contributed by atoms with Gasteiger partial charge in [0, 0.05) is 13.0 Å². The van der Waals surface area contributed by atoms with Gasteiger partial charge in [0.25, 0.3) is 0 Å². The zero-order chi connectivity index (χ0) is 11.4. The van der Waals surface area contributed by atoms with Gasteiger partial charge in [-0.15, -0.1) is 5.10 Å². The molecule has 0 saturated heterocycles. The Bertz CT molecular complexity index is 448. The number of aromatic nitrogens is 5. The van der Waals surface area contributed by atoms with Gasteiger partial charge in [-0.2, -0.15) is 4.98 Å². The van der Waals surface area contributed by atoms with Gasteiger partial charge in [0.1, 0.15) is 6.54 Å². The van der Waals surface area contributed by atoms with Crippen molar-refractivity contribution in [1.82, 2.24) is 25.1 Å². The molecular formula is C9H14N6O. The summed E-state index contributed by atoms with van der Waals surface area (Å²) in [5, 5.41) is 11.6. The van der Waals surface area contributed by atoms with Gasteiger partial charge in [0.2, 0.25) is 5.89 Å². The lowest BCUT2D eigenvalue weighted by atomic mass is 10.3. The van der Waals surface area contributed by atoms with E-state index in [4.69, 9.17) is 10.3 Å². The molecule has 86 valence electrons. The summed E-state index contributed by atoms with van der Waals surface area (Å²) in [6, 6.07) is 0. The Kier molecular flexibility index (Phi) is 3.25. The number of hydrogen-bond donors (Lipinski definition) is 1. The SMILES string of the molecule is CCCc1nc(Cn2cc(CN)nn2)no1. The maximum atomic E-state index is 5.43. The molecule has 0 amide bonds. The normalized spacial score (nSPS) is 10.9. The Morgan fingerprint density at radius 3 is 3.06 bits per heavy atom. The Labute approximate surface area is 92.6 Å². The average molecular weight is 222 g/mol. The lowest BCUT2D eigenvalue weighted by Crippen LogP contribution is -2.02. The minimum atomic E-state index is 0.382. The van der Waals surface area contributed by atoms with Gasteiger partial charge in [0.05, 0.1) is 11.9 Å². The van der Waals surface area contributed by atoms with Gasteiger partial charge in [-0.05, 0) is 6.42 Å². The highest BCUT2D eigenvalue weighted by Gasteiger charge is 2.07. The Morgan fingerprint density at radius 1 is 1.50 bits per heavy atom. The minimum absolute atomic E-state index is 0.382. The fourth-order valence-electron chi connectivity index (χ4n) is 1.32. The molecule has 0 fully saturated rings. The molecule has 2 rings (SSSR count). The van der Waals surface area contributed by atoms with E-state index in [1.807, 2.05) is 0 Å². The second-order valence-electron chi connectivity index (χ2n) is 3.47. The van der Waals surface area contributed by atoms with Crippen molar-refractivity contribution in [2.75, 3.05) is 0 Å². The van der Waals surface area contributed by atoms with Crippen molar-refractivity contribution in [2.45, 2.75) is 32.9 Å². The van der Waals surface area contributed by atoms with Crippen LogP contribution in [0.3, 0.4) is 0 Å². The number of nitrogens with zero attached hydrogens (tertiary/aromatic N) is 5. The van der Waals surface area contributed by atoms with Crippen molar-refractivity contribution in [1.29, 1.82) is 0 Å². The molecule has 0 atom stereocenters. The predicted octanol–water partition coefficient (Wildman–Crippen LogP) is 0.121. The highest BCUT2D eigenvalue weighted by atomic mass is 16.5. The molecule has 7 heteroatoms. The van der Waals surface area contributed by atoms with Crippen molar-refractivity contribution in [3.8, 4) is 0 Å². The van der Waals surface area contributed by atoms with Crippen LogP contribution in [-0.2, 0) is 19.5 Å². The maximum absolute atomic E-state index is 5.43. The predicted molar refractivity (Wildman–Crippen MR) is 55.3 cm³/mol. The summed E-state index contributed by atoms with van der Waals surface area (Å²) in [5.74, 6) is 1.27. The molecule has 2 heterocycles. The number of aryl methyl sites for hydroxylation is 1. The van der Waals surface area contributed by atoms with Crippen LogP contribution in [0, 0.1) is 0 Å². The van der Waals surface area contributed by atoms with Gasteiger partial charge in [-0.1, -0.05) is 17.3 Å². The van der Waals surface area contributed by atoms with E-state index in [1.54, 1.807) is 10.9 Å². The molecule has 0 bridgehead atoms. The quantitative estimate of drug-likeness (QED) is 0.772. The summed E-state index contributed by atoms with van der Waals surface area (Å²) in [4.78, 5) is 4.23. The van der Waals surface area contributed by atoms with Gasteiger partial charge in [-0.25, -0.2) is 4.68 Å². The molecule has 16 heavy (non-hydrogen) atoms. The molecule has 0 aliphatic rings. The van der Waals surface area contributed by atoms with Crippen molar-refractivity contribution < 1.29 is 4.52 Å². The summed E-state index contributed by atoms with van der Waals surface area (Å²) < 4.78 is 6.70. The largest absolute Gasteiger partial charge is 0.339 e. The van der Waals surface area contributed by atoms with Crippen LogP contribution in [-0.4, -0.2) is 25.1 Å². The fourth-order valence-corrected chi connectivity index (χ4v) is 1.32. The third kappa shape index (κ3) is 2.43. The molecule has 0 spiro atoms. The summed E-state index contributed by atoms with van der Waals surface area (Å²) in [5.41, 5.74) is 6.18. The Morgan fingerprint density at radius 2 is 2.38 bits per heavy atom. The molecule has 0 aromatic carbocycles. The summed E-state index contributed by atoms with van der Waals surface area (Å²) in [6.07, 6.45) is 3.57. The van der Waals surface area contributed by atoms with Crippen molar-refractivity contribution in [3.63, 3.8) is 0 Å². The van der Waals surface area contributed by atoms with Crippen LogP contribution in [0.25, 0.3) is 0 Å². The second kappa shape index (κ2) is 4.84. The molecule has 2 aromatic rings. The average Bonchev–Trinajstić information content (AvgIpc) is 2.89. The Balaban J connectivity index is 2.02. The molecule has 0 aliphatic carbocycles. The van der Waals surface area contributed by atoms with Gasteiger partial charge >= 0.3 is 0 Å². The summed E-state index contributed by atoms with van der Waals surface area (Å²) >= 11 is 0. The van der Waals surface area contributed by atoms with E-state index in [0.717, 1.165) is 18.5 Å². The number of nitrogens with two attached hydrogens (primary N) is 1. The fraction of sp³-hybridized carbons (Fsp3) is 0.556. The molecule has 0 aliphatic heterocycles. The van der Waals surface area contributed by atoms with Crippen molar-refractivity contribution in [3.05, 3.63) is 23.6 Å². The van der Waals surface area contributed by atoms with E-state index < -0.39 is 0 Å². The standard InChI is InChI=1S/C9H14N6O/c1-2-3-9-11-8(13-16-9)6-15-5-7(4-10)12-14-15/h5H,2-4,6,10H2,1H3. The minimum Gasteiger partial charge on any atom is -0.339 e. The molecule has 0 saturated carbocycles. The van der Waals surface area contributed by atoms with Gasteiger partial charge in [-0.3, -0.25) is 0 Å². The molecule has 0 unspecified atom stereocenters. The van der Waals surface area contributed by atoms with E-state index in [0.29, 0.717) is 24.8 Å². The lowest BCUT2D eigenvalue weighted by molar-refractivity contribution is 0.370. The third-order valence-corrected chi connectivity index (χ3v) is 2.07. The third-order valence-electron chi connectivity index (χ3n) is 2.07. The van der Waals surface area contributed by atoms with Crippen LogP contribution >= 0.6 is 0 Å². The summed E-state index contributed by atoms with van der Waals surface area (Å²) in [7, 11) is 0. The van der Waals surface area contributed by atoms with Gasteiger partial charge in [0.15, 0.2) is 5.82 Å². The van der Waals surface area contributed by atoms with Crippen LogP contribution in [0.15, 0.2) is 10.7 Å². The van der Waals surface area contributed by atoms with Crippen LogP contribution in [0.4, 0.5) is 0 Å². The zero-order valence-electron chi connectivity index (χ0n) is 9.13. The molecule has 2 aromatic heterocycles. The van der Waals surface area contributed by atoms with E-state index in [-0.39, 0.29) is 0 Å². The van der Waals surface area contributed by atoms with Crippen LogP contribution in [0.5, 0.6) is 0 Å². The van der Waals surface area contributed by atoms with E-state index in [2.05, 4.69) is 27.4 Å². The monoisotopic (exact) mass is 222 g/mol. The topological polar surface area (TPSA) is 95.7 Å². The van der Waals surface area contributed by atoms with E-state index >= 15 is 0 Å². The molecule has 2 N–H and O–H groups in total. The highest BCUT2D eigenvalue weighted by Crippen LogP contribution is 2.02. The van der Waals surface area contributed by atoms with E-state index in [9.17, 15) is 0 Å². The maximum Gasteiger partial charge on any atom is 0.226 e. The highest BCUT2D eigenvalue weighted by molar-refractivity contribution is 4.93. The van der Waals surface area contributed by atoms with Crippen LogP contribution in [0.1, 0.15) is 30.8 Å². The first-order chi connectivity index (χ1) is 7.81. The lowest BCUT2D eigenvalue weighted by Gasteiger charge is -1.91. The van der Waals surface area contributed by atoms with Crippen LogP contribution in [0.2, 0.25) is 0 Å². The Hall–Kier alpha value is -1.76. The molecular weight excluding hydrogens is 208 g/mol. The van der Waals surface area contributed by atoms with Crippen molar-refractivity contribution in [2.24, 2.45) is 5.73 Å². The zero-order valence-corrected chi connectivity index (χ0v) is 9.13. The first-order valence-corrected chi connectivity index (χ1v) is 5.22. The van der Waals surface area contributed by atoms with Gasteiger partial charge < -0.3 is 10.3 Å². The number of rotatable bonds is 5. The van der Waals surface area contributed by atoms with Crippen LogP contribution < -0.4 is 5.73 Å². The summed E-state index contributed by atoms with van der Waals surface area (Å²) in [6.45, 7) is 2.91. The van der Waals surface area contributed by atoms with E-state index in [1.165, 1.54) is 0 Å². The second-order valence-corrected chi connectivity index (χ2v) is 3.47. The smallest absolute Gasteiger partial charge is 0.226 e. The number of hydrogen-bond acceptors (Lipinski definition) is 6. The van der Waals surface area contributed by atoms with Crippen molar-refractivity contribution >= 4 is 0 Å². The molecule has 7 nitrogen and oxygen atoms in total. The molecule has 0 radical (unpaired) electrons. The first kappa shape index (κ1) is 10.7. The first-order valence-electron chi connectivity index (χ1n) is 5.22.